The molecule has 1 heterocycles. The number of hydrogen-bond donors (Lipinski definition) is 0. The largest absolute Gasteiger partial charge is 0.468 e. The summed E-state index contributed by atoms with van der Waals surface area (Å²) in [5.74, 6) is -2.76. The van der Waals surface area contributed by atoms with Crippen LogP contribution in [0.3, 0.4) is 0 Å². The average Bonchev–Trinajstić information content (AvgIpc) is 2.72. The topological polar surface area (TPSA) is 83.4 Å². The van der Waals surface area contributed by atoms with Gasteiger partial charge in [-0.15, -0.1) is 0 Å². The summed E-state index contributed by atoms with van der Waals surface area (Å²) in [5.41, 5.74) is 1.02. The van der Waals surface area contributed by atoms with Gasteiger partial charge in [0.05, 0.1) is 19.3 Å². The van der Waals surface area contributed by atoms with Crippen molar-refractivity contribution in [2.75, 3.05) is 26.9 Å². The zero-order valence-corrected chi connectivity index (χ0v) is 17.8. The van der Waals surface area contributed by atoms with Crippen molar-refractivity contribution in [2.45, 2.75) is 33.0 Å². The Morgan fingerprint density at radius 2 is 1.76 bits per heavy atom. The molecule has 158 valence electrons. The summed E-state index contributed by atoms with van der Waals surface area (Å²) in [5, 5.41) is 0.409. The zero-order chi connectivity index (χ0) is 21.4. The number of carbonyl (C=O) groups is 2. The van der Waals surface area contributed by atoms with Gasteiger partial charge in [-0.2, -0.15) is 0 Å². The first-order valence-electron chi connectivity index (χ1n) is 9.50. The monoisotopic (exact) mass is 423 g/mol. The molecule has 0 radical (unpaired) electrons. The molecule has 1 aliphatic heterocycles. The maximum Gasteiger partial charge on any atom is 0.336 e. The summed E-state index contributed by atoms with van der Waals surface area (Å²) in [4.78, 5) is 29.9. The summed E-state index contributed by atoms with van der Waals surface area (Å²) >= 11 is 6.43. The van der Waals surface area contributed by atoms with E-state index in [0.717, 1.165) is 0 Å². The standard InChI is InChI=1S/C21H26ClNO6/c1-5-27-20(25)17-16(13-10-8-9-11-15(13)22)14(19(24)26-4)12-23-18(17)21(28-6-2)29-7-3/h8-12,14,16,21H,5-7H2,1-4H3. The number of ether oxygens (including phenoxy) is 4. The lowest BCUT2D eigenvalue weighted by atomic mass is 9.78. The van der Waals surface area contributed by atoms with Gasteiger partial charge in [-0.05, 0) is 32.4 Å². The molecule has 1 aromatic carbocycles. The van der Waals surface area contributed by atoms with E-state index in [1.54, 1.807) is 31.2 Å². The van der Waals surface area contributed by atoms with Gasteiger partial charge in [-0.1, -0.05) is 29.8 Å². The van der Waals surface area contributed by atoms with E-state index in [1.807, 2.05) is 13.8 Å². The van der Waals surface area contributed by atoms with Gasteiger partial charge in [-0.3, -0.25) is 9.79 Å². The number of aliphatic imine (C=N–C) groups is 1. The molecule has 1 aromatic rings. The predicted octanol–water partition coefficient (Wildman–Crippen LogP) is 3.51. The Labute approximate surface area is 175 Å². The molecule has 0 aliphatic carbocycles. The number of esters is 2. The normalized spacial score (nSPS) is 18.8. The van der Waals surface area contributed by atoms with E-state index in [0.29, 0.717) is 23.8 Å². The maximum absolute atomic E-state index is 13.0. The van der Waals surface area contributed by atoms with Crippen LogP contribution in [0.25, 0.3) is 0 Å². The number of methoxy groups -OCH3 is 1. The molecular weight excluding hydrogens is 398 g/mol. The second-order valence-electron chi connectivity index (χ2n) is 6.09. The molecule has 8 heteroatoms. The van der Waals surface area contributed by atoms with Crippen LogP contribution >= 0.6 is 11.6 Å². The first-order chi connectivity index (χ1) is 14.0. The summed E-state index contributed by atoms with van der Waals surface area (Å²) in [6.07, 6.45) is 0.562. The minimum Gasteiger partial charge on any atom is -0.468 e. The molecule has 0 saturated carbocycles. The lowest BCUT2D eigenvalue weighted by molar-refractivity contribution is -0.144. The summed E-state index contributed by atoms with van der Waals surface area (Å²) in [6, 6.07) is 7.01. The van der Waals surface area contributed by atoms with Crippen LogP contribution in [0.1, 0.15) is 32.3 Å². The van der Waals surface area contributed by atoms with Gasteiger partial charge >= 0.3 is 11.9 Å². The third kappa shape index (κ3) is 5.23. The predicted molar refractivity (Wildman–Crippen MR) is 109 cm³/mol. The van der Waals surface area contributed by atoms with Crippen molar-refractivity contribution in [3.05, 3.63) is 46.1 Å². The third-order valence-corrected chi connectivity index (χ3v) is 4.73. The Bertz CT molecular complexity index is 785. The fraction of sp³-hybridized carbons (Fsp3) is 0.476. The summed E-state index contributed by atoms with van der Waals surface area (Å²) in [7, 11) is 1.28. The van der Waals surface area contributed by atoms with Gasteiger partial charge in [0, 0.05) is 30.4 Å². The number of benzene rings is 1. The quantitative estimate of drug-likeness (QED) is 0.446. The molecule has 7 nitrogen and oxygen atoms in total. The molecule has 0 amide bonds. The van der Waals surface area contributed by atoms with E-state index >= 15 is 0 Å². The smallest absolute Gasteiger partial charge is 0.336 e. The average molecular weight is 424 g/mol. The molecular formula is C21H26ClNO6. The van der Waals surface area contributed by atoms with Gasteiger partial charge in [-0.25, -0.2) is 4.79 Å². The fourth-order valence-corrected chi connectivity index (χ4v) is 3.45. The number of hydrogen-bond acceptors (Lipinski definition) is 7. The Morgan fingerprint density at radius 1 is 1.10 bits per heavy atom. The van der Waals surface area contributed by atoms with Crippen molar-refractivity contribution < 1.29 is 28.5 Å². The van der Waals surface area contributed by atoms with Crippen molar-refractivity contribution >= 4 is 29.8 Å². The highest BCUT2D eigenvalue weighted by Gasteiger charge is 2.42. The van der Waals surface area contributed by atoms with Crippen LogP contribution < -0.4 is 0 Å². The van der Waals surface area contributed by atoms with Gasteiger partial charge in [0.2, 0.25) is 6.29 Å². The highest BCUT2D eigenvalue weighted by atomic mass is 35.5. The molecule has 1 aliphatic rings. The van der Waals surface area contributed by atoms with Crippen molar-refractivity contribution in [1.82, 2.24) is 0 Å². The van der Waals surface area contributed by atoms with Crippen molar-refractivity contribution in [3.63, 3.8) is 0 Å². The number of carbonyl (C=O) groups excluding carboxylic acids is 2. The Morgan fingerprint density at radius 3 is 2.31 bits per heavy atom. The number of halogens is 1. The summed E-state index contributed by atoms with van der Waals surface area (Å²) < 4.78 is 21.6. The van der Waals surface area contributed by atoms with Gasteiger partial charge in [0.15, 0.2) is 0 Å². The Hall–Kier alpha value is -2.22. The van der Waals surface area contributed by atoms with E-state index in [1.165, 1.54) is 13.3 Å². The van der Waals surface area contributed by atoms with Gasteiger partial charge in [0.25, 0.3) is 0 Å². The molecule has 0 aromatic heterocycles. The van der Waals surface area contributed by atoms with Crippen LogP contribution in [0.15, 0.2) is 40.5 Å². The molecule has 0 saturated heterocycles. The van der Waals surface area contributed by atoms with Crippen LogP contribution in [-0.4, -0.2) is 51.4 Å². The van der Waals surface area contributed by atoms with Crippen LogP contribution in [0, 0.1) is 5.92 Å². The SMILES string of the molecule is CCOC(=O)C1=C(C(OCC)OCC)N=CC(C(=O)OC)C1c1ccccc1Cl. The number of nitrogens with zero attached hydrogens (tertiary/aromatic N) is 1. The second kappa shape index (κ2) is 11.1. The van der Waals surface area contributed by atoms with E-state index in [-0.39, 0.29) is 17.9 Å². The van der Waals surface area contributed by atoms with Gasteiger partial charge < -0.3 is 18.9 Å². The molecule has 0 bridgehead atoms. The fourth-order valence-electron chi connectivity index (χ4n) is 3.20. The molecule has 29 heavy (non-hydrogen) atoms. The molecule has 0 spiro atoms. The van der Waals surface area contributed by atoms with E-state index in [9.17, 15) is 9.59 Å². The Balaban J connectivity index is 2.73. The van der Waals surface area contributed by atoms with Crippen molar-refractivity contribution in [1.29, 1.82) is 0 Å². The Kier molecular flexibility index (Phi) is 8.82. The lowest BCUT2D eigenvalue weighted by Crippen LogP contribution is -2.35. The van der Waals surface area contributed by atoms with Crippen molar-refractivity contribution in [3.8, 4) is 0 Å². The first kappa shape index (κ1) is 23.1. The van der Waals surface area contributed by atoms with Gasteiger partial charge in [0.1, 0.15) is 11.6 Å². The molecule has 2 atom stereocenters. The molecule has 2 unspecified atom stereocenters. The van der Waals surface area contributed by atoms with E-state index in [2.05, 4.69) is 4.99 Å². The summed E-state index contributed by atoms with van der Waals surface area (Å²) in [6.45, 7) is 6.17. The molecule has 0 N–H and O–H groups in total. The first-order valence-corrected chi connectivity index (χ1v) is 9.88. The van der Waals surface area contributed by atoms with Crippen LogP contribution in [0.4, 0.5) is 0 Å². The van der Waals surface area contributed by atoms with E-state index < -0.39 is 30.1 Å². The van der Waals surface area contributed by atoms with E-state index in [4.69, 9.17) is 30.5 Å². The minimum atomic E-state index is -0.885. The van der Waals surface area contributed by atoms with Crippen molar-refractivity contribution in [2.24, 2.45) is 10.9 Å². The molecule has 0 fully saturated rings. The van der Waals surface area contributed by atoms with Crippen LogP contribution in [0.5, 0.6) is 0 Å². The van der Waals surface area contributed by atoms with Crippen LogP contribution in [-0.2, 0) is 28.5 Å². The molecule has 2 rings (SSSR count). The minimum absolute atomic E-state index is 0.158. The highest BCUT2D eigenvalue weighted by molar-refractivity contribution is 6.31. The lowest BCUT2D eigenvalue weighted by Gasteiger charge is -2.31. The number of rotatable bonds is 9. The zero-order valence-electron chi connectivity index (χ0n) is 17.0. The third-order valence-electron chi connectivity index (χ3n) is 4.39. The van der Waals surface area contributed by atoms with Crippen LogP contribution in [0.2, 0.25) is 5.02 Å². The second-order valence-corrected chi connectivity index (χ2v) is 6.50. The maximum atomic E-state index is 13.0. The highest BCUT2D eigenvalue weighted by Crippen LogP contribution is 2.42.